The third-order valence-electron chi connectivity index (χ3n) is 2.61. The van der Waals surface area contributed by atoms with E-state index in [0.29, 0.717) is 5.75 Å². The minimum Gasteiger partial charge on any atom is -0.490 e. The van der Waals surface area contributed by atoms with Crippen LogP contribution >= 0.6 is 0 Å². The van der Waals surface area contributed by atoms with Crippen molar-refractivity contribution in [1.82, 2.24) is 0 Å². The van der Waals surface area contributed by atoms with Gasteiger partial charge < -0.3 is 14.9 Å². The van der Waals surface area contributed by atoms with Gasteiger partial charge in [-0.3, -0.25) is 0 Å². The molecule has 0 amide bonds. The first-order valence-electron chi connectivity index (χ1n) is 5.87. The van der Waals surface area contributed by atoms with Gasteiger partial charge >= 0.3 is 0 Å². The van der Waals surface area contributed by atoms with Gasteiger partial charge in [0.2, 0.25) is 0 Å². The minimum atomic E-state index is -0.853. The second-order valence-corrected chi connectivity index (χ2v) is 4.01. The van der Waals surface area contributed by atoms with Crippen LogP contribution in [0.5, 0.6) is 5.75 Å². The van der Waals surface area contributed by atoms with Crippen LogP contribution in [0.25, 0.3) is 11.1 Å². The highest BCUT2D eigenvalue weighted by molar-refractivity contribution is 5.70. The molecule has 0 spiro atoms. The van der Waals surface area contributed by atoms with Crippen molar-refractivity contribution in [1.29, 1.82) is 0 Å². The molecule has 3 heteroatoms. The van der Waals surface area contributed by atoms with Crippen LogP contribution in [0.1, 0.15) is 0 Å². The van der Waals surface area contributed by atoms with Crippen LogP contribution in [0.2, 0.25) is 0 Å². The topological polar surface area (TPSA) is 49.7 Å². The van der Waals surface area contributed by atoms with E-state index in [4.69, 9.17) is 9.84 Å². The maximum atomic E-state index is 9.31. The zero-order valence-corrected chi connectivity index (χ0v) is 9.99. The van der Waals surface area contributed by atoms with E-state index >= 15 is 0 Å². The fourth-order valence-corrected chi connectivity index (χ4v) is 1.69. The molecule has 2 aromatic rings. The molecule has 0 aliphatic rings. The highest BCUT2D eigenvalue weighted by atomic mass is 16.5. The fourth-order valence-electron chi connectivity index (χ4n) is 1.69. The number of aliphatic hydroxyl groups is 2. The monoisotopic (exact) mass is 244 g/mol. The summed E-state index contributed by atoms with van der Waals surface area (Å²) in [6.07, 6.45) is -0.853. The molecule has 2 rings (SSSR count). The third kappa shape index (κ3) is 3.09. The Morgan fingerprint density at radius 2 is 1.61 bits per heavy atom. The van der Waals surface area contributed by atoms with Crippen molar-refractivity contribution >= 4 is 0 Å². The lowest BCUT2D eigenvalue weighted by Crippen LogP contribution is -2.21. The zero-order chi connectivity index (χ0) is 12.8. The van der Waals surface area contributed by atoms with Crippen molar-refractivity contribution in [2.75, 3.05) is 13.2 Å². The SMILES string of the molecule is OCC(O)COc1ccccc1-c1ccccc1. The summed E-state index contributed by atoms with van der Waals surface area (Å²) in [5.74, 6) is 0.705. The highest BCUT2D eigenvalue weighted by Gasteiger charge is 2.07. The van der Waals surface area contributed by atoms with Crippen LogP contribution < -0.4 is 4.74 Å². The minimum absolute atomic E-state index is 0.0837. The molecule has 0 aliphatic heterocycles. The van der Waals surface area contributed by atoms with Gasteiger partial charge in [-0.05, 0) is 11.6 Å². The van der Waals surface area contributed by atoms with E-state index < -0.39 is 6.10 Å². The number of aliphatic hydroxyl groups excluding tert-OH is 2. The Labute approximate surface area is 106 Å². The van der Waals surface area contributed by atoms with Gasteiger partial charge in [-0.25, -0.2) is 0 Å². The number of rotatable bonds is 5. The number of hydrogen-bond donors (Lipinski definition) is 2. The fraction of sp³-hybridized carbons (Fsp3) is 0.200. The molecule has 94 valence electrons. The standard InChI is InChI=1S/C15H16O3/c16-10-13(17)11-18-15-9-5-4-8-14(15)12-6-2-1-3-7-12/h1-9,13,16-17H,10-11H2. The number of para-hydroxylation sites is 1. The molecular weight excluding hydrogens is 228 g/mol. The van der Waals surface area contributed by atoms with Gasteiger partial charge in [-0.2, -0.15) is 0 Å². The Hall–Kier alpha value is -1.84. The molecule has 0 saturated heterocycles. The molecule has 0 bridgehead atoms. The van der Waals surface area contributed by atoms with Crippen molar-refractivity contribution < 1.29 is 14.9 Å². The molecule has 2 aromatic carbocycles. The van der Waals surface area contributed by atoms with Gasteiger partial charge in [-0.1, -0.05) is 48.5 Å². The van der Waals surface area contributed by atoms with Gasteiger partial charge in [0.1, 0.15) is 18.5 Å². The van der Waals surface area contributed by atoms with Crippen LogP contribution in [0.15, 0.2) is 54.6 Å². The van der Waals surface area contributed by atoms with Crippen LogP contribution in [0.3, 0.4) is 0 Å². The van der Waals surface area contributed by atoms with Gasteiger partial charge in [0.15, 0.2) is 0 Å². The van der Waals surface area contributed by atoms with E-state index in [1.165, 1.54) is 0 Å². The van der Waals surface area contributed by atoms with E-state index in [-0.39, 0.29) is 13.2 Å². The Balaban J connectivity index is 2.21. The van der Waals surface area contributed by atoms with Crippen LogP contribution in [0.4, 0.5) is 0 Å². The molecule has 1 atom stereocenters. The first-order valence-corrected chi connectivity index (χ1v) is 5.87. The van der Waals surface area contributed by atoms with Crippen molar-refractivity contribution in [3.63, 3.8) is 0 Å². The Morgan fingerprint density at radius 3 is 2.33 bits per heavy atom. The molecule has 0 saturated carbocycles. The molecule has 0 heterocycles. The Bertz CT molecular complexity index is 482. The van der Waals surface area contributed by atoms with E-state index in [2.05, 4.69) is 0 Å². The Kier molecular flexibility index (Phi) is 4.34. The van der Waals surface area contributed by atoms with Crippen LogP contribution in [-0.2, 0) is 0 Å². The predicted octanol–water partition coefficient (Wildman–Crippen LogP) is 2.09. The second-order valence-electron chi connectivity index (χ2n) is 4.01. The predicted molar refractivity (Wildman–Crippen MR) is 70.5 cm³/mol. The van der Waals surface area contributed by atoms with Gasteiger partial charge in [0.25, 0.3) is 0 Å². The number of ether oxygens (including phenoxy) is 1. The largest absolute Gasteiger partial charge is 0.490 e. The first-order chi connectivity index (χ1) is 8.81. The molecule has 2 N–H and O–H groups in total. The van der Waals surface area contributed by atoms with E-state index in [0.717, 1.165) is 11.1 Å². The molecule has 0 aromatic heterocycles. The van der Waals surface area contributed by atoms with E-state index in [1.807, 2.05) is 54.6 Å². The maximum absolute atomic E-state index is 9.31. The summed E-state index contributed by atoms with van der Waals surface area (Å²) in [7, 11) is 0. The summed E-state index contributed by atoms with van der Waals surface area (Å²) in [6, 6.07) is 17.5. The lowest BCUT2D eigenvalue weighted by Gasteiger charge is -2.13. The summed E-state index contributed by atoms with van der Waals surface area (Å²) in [4.78, 5) is 0. The van der Waals surface area contributed by atoms with Crippen LogP contribution in [0, 0.1) is 0 Å². The van der Waals surface area contributed by atoms with Gasteiger partial charge in [0.05, 0.1) is 6.61 Å². The molecule has 0 fully saturated rings. The molecule has 0 aliphatic carbocycles. The van der Waals surface area contributed by atoms with E-state index in [9.17, 15) is 5.11 Å². The van der Waals surface area contributed by atoms with E-state index in [1.54, 1.807) is 0 Å². The highest BCUT2D eigenvalue weighted by Crippen LogP contribution is 2.29. The lowest BCUT2D eigenvalue weighted by molar-refractivity contribution is 0.0538. The quantitative estimate of drug-likeness (QED) is 0.846. The maximum Gasteiger partial charge on any atom is 0.127 e. The zero-order valence-electron chi connectivity index (χ0n) is 9.99. The van der Waals surface area contributed by atoms with Crippen molar-refractivity contribution in [2.24, 2.45) is 0 Å². The number of benzene rings is 2. The summed E-state index contributed by atoms with van der Waals surface area (Å²) in [5, 5.41) is 18.1. The second kappa shape index (κ2) is 6.19. The number of hydrogen-bond acceptors (Lipinski definition) is 3. The molecule has 0 radical (unpaired) electrons. The van der Waals surface area contributed by atoms with Gasteiger partial charge in [0, 0.05) is 5.56 Å². The van der Waals surface area contributed by atoms with Gasteiger partial charge in [-0.15, -0.1) is 0 Å². The molecule has 3 nitrogen and oxygen atoms in total. The molecular formula is C15H16O3. The lowest BCUT2D eigenvalue weighted by atomic mass is 10.1. The van der Waals surface area contributed by atoms with Crippen LogP contribution in [-0.4, -0.2) is 29.5 Å². The average molecular weight is 244 g/mol. The smallest absolute Gasteiger partial charge is 0.127 e. The summed E-state index contributed by atoms with van der Waals surface area (Å²) in [5.41, 5.74) is 2.04. The van der Waals surface area contributed by atoms with Crippen molar-refractivity contribution in [3.8, 4) is 16.9 Å². The average Bonchev–Trinajstić information content (AvgIpc) is 2.46. The first kappa shape index (κ1) is 12.6. The van der Waals surface area contributed by atoms with Crippen molar-refractivity contribution in [3.05, 3.63) is 54.6 Å². The summed E-state index contributed by atoms with van der Waals surface area (Å²) in [6.45, 7) is -0.214. The Morgan fingerprint density at radius 1 is 0.944 bits per heavy atom. The molecule has 1 unspecified atom stereocenters. The molecule has 18 heavy (non-hydrogen) atoms. The summed E-state index contributed by atoms with van der Waals surface area (Å²) < 4.78 is 5.53. The summed E-state index contributed by atoms with van der Waals surface area (Å²) >= 11 is 0. The van der Waals surface area contributed by atoms with Crippen molar-refractivity contribution in [2.45, 2.75) is 6.10 Å². The third-order valence-corrected chi connectivity index (χ3v) is 2.61. The normalized spacial score (nSPS) is 12.1.